The molecule has 0 aliphatic carbocycles. The zero-order chi connectivity index (χ0) is 19.3. The maximum Gasteiger partial charge on any atom is 0.227 e. The molecule has 144 valence electrons. The highest BCUT2D eigenvalue weighted by molar-refractivity contribution is 6.30. The number of rotatable bonds is 5. The molecule has 1 amide bonds. The van der Waals surface area contributed by atoms with Crippen LogP contribution in [-0.2, 0) is 11.2 Å². The highest BCUT2D eigenvalue weighted by Gasteiger charge is 2.24. The highest BCUT2D eigenvalue weighted by atomic mass is 35.5. The second kappa shape index (κ2) is 8.57. The first kappa shape index (κ1) is 18.7. The van der Waals surface area contributed by atoms with Crippen molar-refractivity contribution in [2.75, 3.05) is 13.1 Å². The number of amides is 1. The van der Waals surface area contributed by atoms with Crippen molar-refractivity contribution < 1.29 is 9.32 Å². The minimum absolute atomic E-state index is 0.151. The van der Waals surface area contributed by atoms with Crippen LogP contribution in [0.15, 0.2) is 59.1 Å². The lowest BCUT2D eigenvalue weighted by atomic mass is 9.89. The number of halogens is 1. The Morgan fingerprint density at radius 3 is 2.50 bits per heavy atom. The largest absolute Gasteiger partial charge is 0.343 e. The molecule has 6 heteroatoms. The Labute approximate surface area is 169 Å². The first-order valence-corrected chi connectivity index (χ1v) is 9.98. The summed E-state index contributed by atoms with van der Waals surface area (Å²) in [5.41, 5.74) is 2.21. The maximum atomic E-state index is 12.6. The fourth-order valence-corrected chi connectivity index (χ4v) is 3.76. The van der Waals surface area contributed by atoms with E-state index >= 15 is 0 Å². The van der Waals surface area contributed by atoms with E-state index in [-0.39, 0.29) is 5.91 Å². The summed E-state index contributed by atoms with van der Waals surface area (Å²) in [5.74, 6) is 1.70. The van der Waals surface area contributed by atoms with Crippen LogP contribution in [0.4, 0.5) is 0 Å². The van der Waals surface area contributed by atoms with Gasteiger partial charge < -0.3 is 9.42 Å². The number of likely N-dealkylation sites (tertiary alicyclic amines) is 1. The first-order valence-electron chi connectivity index (χ1n) is 9.60. The number of hydrogen-bond acceptors (Lipinski definition) is 4. The van der Waals surface area contributed by atoms with E-state index in [2.05, 4.69) is 34.4 Å². The molecule has 5 nitrogen and oxygen atoms in total. The molecule has 1 aliphatic heterocycles. The van der Waals surface area contributed by atoms with Gasteiger partial charge in [0.2, 0.25) is 17.6 Å². The Kier molecular flexibility index (Phi) is 5.72. The zero-order valence-electron chi connectivity index (χ0n) is 15.6. The van der Waals surface area contributed by atoms with Crippen LogP contribution < -0.4 is 0 Å². The van der Waals surface area contributed by atoms with Crippen LogP contribution in [-0.4, -0.2) is 34.0 Å². The quantitative estimate of drug-likeness (QED) is 0.626. The van der Waals surface area contributed by atoms with Crippen molar-refractivity contribution in [3.8, 4) is 11.4 Å². The molecule has 1 aliphatic rings. The number of piperidine rings is 1. The molecule has 1 fully saturated rings. The Bertz CT molecular complexity index is 916. The normalized spacial score (nSPS) is 15.0. The average molecular weight is 396 g/mol. The Morgan fingerprint density at radius 1 is 1.07 bits per heavy atom. The van der Waals surface area contributed by atoms with Crippen molar-refractivity contribution in [3.63, 3.8) is 0 Å². The number of aromatic nitrogens is 2. The molecule has 4 rings (SSSR count). The van der Waals surface area contributed by atoms with Gasteiger partial charge in [-0.25, -0.2) is 0 Å². The van der Waals surface area contributed by atoms with Crippen LogP contribution in [0.2, 0.25) is 5.02 Å². The number of carbonyl (C=O) groups is 1. The number of aryl methyl sites for hydroxylation is 1. The third-order valence-corrected chi connectivity index (χ3v) is 5.49. The van der Waals surface area contributed by atoms with Gasteiger partial charge in [-0.3, -0.25) is 4.79 Å². The maximum absolute atomic E-state index is 12.6. The van der Waals surface area contributed by atoms with E-state index in [0.717, 1.165) is 31.5 Å². The second-order valence-corrected chi connectivity index (χ2v) is 7.52. The van der Waals surface area contributed by atoms with Gasteiger partial charge in [-0.15, -0.1) is 0 Å². The van der Waals surface area contributed by atoms with E-state index in [1.807, 2.05) is 23.1 Å². The summed E-state index contributed by atoms with van der Waals surface area (Å²) in [4.78, 5) is 18.9. The fraction of sp³-hybridized carbons (Fsp3) is 0.318. The highest BCUT2D eigenvalue weighted by Crippen LogP contribution is 2.28. The molecular formula is C22H22ClN3O2. The molecule has 2 aromatic carbocycles. The predicted molar refractivity (Wildman–Crippen MR) is 108 cm³/mol. The van der Waals surface area contributed by atoms with Crippen LogP contribution >= 0.6 is 11.6 Å². The smallest absolute Gasteiger partial charge is 0.227 e. The van der Waals surface area contributed by atoms with Gasteiger partial charge in [-0.2, -0.15) is 4.98 Å². The van der Waals surface area contributed by atoms with E-state index in [9.17, 15) is 4.79 Å². The van der Waals surface area contributed by atoms with Crippen molar-refractivity contribution >= 4 is 17.5 Å². The summed E-state index contributed by atoms with van der Waals surface area (Å²) in [5, 5.41) is 4.66. The van der Waals surface area contributed by atoms with Gasteiger partial charge in [-0.1, -0.05) is 47.1 Å². The third kappa shape index (κ3) is 4.42. The van der Waals surface area contributed by atoms with Gasteiger partial charge in [0.15, 0.2) is 0 Å². The van der Waals surface area contributed by atoms with Crippen molar-refractivity contribution in [2.24, 2.45) is 0 Å². The number of carbonyl (C=O) groups excluding carboxylic acids is 1. The van der Waals surface area contributed by atoms with E-state index in [4.69, 9.17) is 16.1 Å². The van der Waals surface area contributed by atoms with Crippen LogP contribution in [0.5, 0.6) is 0 Å². The van der Waals surface area contributed by atoms with Gasteiger partial charge >= 0.3 is 0 Å². The SMILES string of the molecule is O=C(CCc1nc(-c2ccc(Cl)cc2)no1)N1CCC(c2ccccc2)CC1. The lowest BCUT2D eigenvalue weighted by Crippen LogP contribution is -2.38. The van der Waals surface area contributed by atoms with E-state index in [0.29, 0.717) is 35.5 Å². The summed E-state index contributed by atoms with van der Waals surface area (Å²) >= 11 is 5.90. The van der Waals surface area contributed by atoms with Gasteiger partial charge in [0.1, 0.15) is 0 Å². The molecular weight excluding hydrogens is 374 g/mol. The molecule has 28 heavy (non-hydrogen) atoms. The van der Waals surface area contributed by atoms with Crippen LogP contribution in [0.1, 0.15) is 36.6 Å². The molecule has 0 unspecified atom stereocenters. The van der Waals surface area contributed by atoms with Crippen molar-refractivity contribution in [3.05, 3.63) is 71.1 Å². The molecule has 0 N–H and O–H groups in total. The molecule has 2 heterocycles. The van der Waals surface area contributed by atoms with Gasteiger partial charge in [0.05, 0.1) is 0 Å². The Morgan fingerprint density at radius 2 is 1.79 bits per heavy atom. The lowest BCUT2D eigenvalue weighted by molar-refractivity contribution is -0.132. The Balaban J connectivity index is 1.28. The molecule has 0 bridgehead atoms. The molecule has 0 atom stereocenters. The van der Waals surface area contributed by atoms with Crippen LogP contribution in [0.3, 0.4) is 0 Å². The van der Waals surface area contributed by atoms with Crippen LogP contribution in [0.25, 0.3) is 11.4 Å². The number of nitrogens with zero attached hydrogens (tertiary/aromatic N) is 3. The Hall–Kier alpha value is -2.66. The van der Waals surface area contributed by atoms with Crippen molar-refractivity contribution in [1.29, 1.82) is 0 Å². The van der Waals surface area contributed by atoms with Gasteiger partial charge in [0, 0.05) is 36.5 Å². The first-order chi connectivity index (χ1) is 13.7. The van der Waals surface area contributed by atoms with Crippen molar-refractivity contribution in [1.82, 2.24) is 15.0 Å². The summed E-state index contributed by atoms with van der Waals surface area (Å²) in [6.45, 7) is 1.61. The minimum Gasteiger partial charge on any atom is -0.343 e. The molecule has 1 saturated heterocycles. The standard InChI is InChI=1S/C22H22ClN3O2/c23-19-8-6-18(7-9-19)22-24-20(28-25-22)10-11-21(27)26-14-12-17(13-15-26)16-4-2-1-3-5-16/h1-9,17H,10-15H2. The minimum atomic E-state index is 0.151. The second-order valence-electron chi connectivity index (χ2n) is 7.08. The third-order valence-electron chi connectivity index (χ3n) is 5.24. The summed E-state index contributed by atoms with van der Waals surface area (Å²) in [6.07, 6.45) is 2.87. The molecule has 0 saturated carbocycles. The van der Waals surface area contributed by atoms with Crippen molar-refractivity contribution in [2.45, 2.75) is 31.6 Å². The lowest BCUT2D eigenvalue weighted by Gasteiger charge is -2.32. The molecule has 0 spiro atoms. The summed E-state index contributed by atoms with van der Waals surface area (Å²) in [7, 11) is 0. The van der Waals surface area contributed by atoms with E-state index in [1.165, 1.54) is 5.56 Å². The predicted octanol–water partition coefficient (Wildman–Crippen LogP) is 4.73. The molecule has 1 aromatic heterocycles. The van der Waals surface area contributed by atoms with Gasteiger partial charge in [0.25, 0.3) is 0 Å². The number of hydrogen-bond donors (Lipinski definition) is 0. The van der Waals surface area contributed by atoms with E-state index in [1.54, 1.807) is 12.1 Å². The summed E-state index contributed by atoms with van der Waals surface area (Å²) < 4.78 is 5.30. The summed E-state index contributed by atoms with van der Waals surface area (Å²) in [6, 6.07) is 17.8. The topological polar surface area (TPSA) is 59.2 Å². The van der Waals surface area contributed by atoms with E-state index < -0.39 is 0 Å². The average Bonchev–Trinajstić information content (AvgIpc) is 3.22. The fourth-order valence-electron chi connectivity index (χ4n) is 3.63. The zero-order valence-corrected chi connectivity index (χ0v) is 16.3. The number of benzene rings is 2. The molecule has 3 aromatic rings. The van der Waals surface area contributed by atoms with Gasteiger partial charge in [-0.05, 0) is 48.6 Å². The molecule has 0 radical (unpaired) electrons. The monoisotopic (exact) mass is 395 g/mol. The van der Waals surface area contributed by atoms with Crippen LogP contribution in [0, 0.1) is 0 Å².